The Hall–Kier alpha value is 0.266. The predicted molar refractivity (Wildman–Crippen MR) is 47.1 cm³/mol. The van der Waals surface area contributed by atoms with E-state index in [0.29, 0.717) is 0 Å². The van der Waals surface area contributed by atoms with E-state index in [0.717, 1.165) is 54.5 Å². The molecule has 0 unspecified atom stereocenters. The molecule has 0 saturated carbocycles. The van der Waals surface area contributed by atoms with Crippen molar-refractivity contribution in [2.45, 2.75) is 0 Å². The SMILES string of the molecule is [K][c]1cccc2ncccc12. The number of benzene rings is 1. The molecule has 1 aromatic heterocycles. The van der Waals surface area contributed by atoms with Crippen LogP contribution in [0, 0.1) is 0 Å². The molecule has 0 saturated heterocycles. The first-order chi connectivity index (χ1) is 5.38. The Morgan fingerprint density at radius 3 is 2.82 bits per heavy atom. The third-order valence-electron chi connectivity index (χ3n) is 1.86. The van der Waals surface area contributed by atoms with Crippen LogP contribution in [0.25, 0.3) is 10.9 Å². The quantitative estimate of drug-likeness (QED) is 0.534. The van der Waals surface area contributed by atoms with Crippen LogP contribution in [0.4, 0.5) is 0 Å². The summed E-state index contributed by atoms with van der Waals surface area (Å²) in [5.41, 5.74) is 1.12. The van der Waals surface area contributed by atoms with Crippen molar-refractivity contribution in [3.63, 3.8) is 0 Å². The molecule has 2 rings (SSSR count). The number of aromatic nitrogens is 1. The summed E-state index contributed by atoms with van der Waals surface area (Å²) in [6.45, 7) is 0. The van der Waals surface area contributed by atoms with E-state index in [-0.39, 0.29) is 0 Å². The van der Waals surface area contributed by atoms with Crippen molar-refractivity contribution in [1.29, 1.82) is 0 Å². The molecule has 2 aromatic rings. The van der Waals surface area contributed by atoms with Crippen LogP contribution in [0.3, 0.4) is 0 Å². The molecule has 0 atom stereocenters. The average molecular weight is 167 g/mol. The molecule has 0 aliphatic rings. The molecule has 0 amide bonds. The van der Waals surface area contributed by atoms with Gasteiger partial charge in [0.1, 0.15) is 0 Å². The minimum atomic E-state index is 0.746. The van der Waals surface area contributed by atoms with Crippen LogP contribution in [0.2, 0.25) is 0 Å². The zero-order valence-electron chi connectivity index (χ0n) is 6.41. The molecule has 11 heavy (non-hydrogen) atoms. The van der Waals surface area contributed by atoms with Crippen molar-refractivity contribution in [2.75, 3.05) is 0 Å². The van der Waals surface area contributed by atoms with E-state index in [9.17, 15) is 0 Å². The van der Waals surface area contributed by atoms with E-state index >= 15 is 0 Å². The van der Waals surface area contributed by atoms with Crippen LogP contribution in [-0.4, -0.2) is 53.9 Å². The number of hydrogen-bond donors (Lipinski definition) is 0. The van der Waals surface area contributed by atoms with Gasteiger partial charge in [-0.2, -0.15) is 0 Å². The fraction of sp³-hybridized carbons (Fsp3) is 0. The number of fused-ring (bicyclic) bond motifs is 1. The van der Waals surface area contributed by atoms with Gasteiger partial charge in [-0.15, -0.1) is 0 Å². The second-order valence-electron chi connectivity index (χ2n) is 2.64. The minimum absolute atomic E-state index is 0.746. The first-order valence-electron chi connectivity index (χ1n) is 3.68. The van der Waals surface area contributed by atoms with Gasteiger partial charge in [0.15, 0.2) is 0 Å². The molecule has 0 aliphatic heterocycles. The fourth-order valence-corrected chi connectivity index (χ4v) is 2.22. The van der Waals surface area contributed by atoms with Gasteiger partial charge >= 0.3 is 101 Å². The van der Waals surface area contributed by atoms with Gasteiger partial charge in [0.05, 0.1) is 0 Å². The van der Waals surface area contributed by atoms with Crippen LogP contribution < -0.4 is -0.342 Å². The Morgan fingerprint density at radius 1 is 1.09 bits per heavy atom. The van der Waals surface area contributed by atoms with E-state index in [1.165, 1.54) is 5.04 Å². The Labute approximate surface area is 99.4 Å². The molecule has 1 aromatic carbocycles. The first-order valence-corrected chi connectivity index (χ1v) is 5.24. The molecule has 0 fully saturated rings. The van der Waals surface area contributed by atoms with Crippen molar-refractivity contribution < 1.29 is 0 Å². The van der Waals surface area contributed by atoms with Crippen LogP contribution in [-0.2, 0) is 0 Å². The van der Waals surface area contributed by atoms with Crippen molar-refractivity contribution in [3.8, 4) is 0 Å². The average Bonchev–Trinajstić information content (AvgIpc) is 2.06. The third-order valence-corrected chi connectivity index (χ3v) is 3.23. The van der Waals surface area contributed by atoms with Gasteiger partial charge in [-0.1, -0.05) is 0 Å². The second-order valence-corrected chi connectivity index (χ2v) is 4.33. The summed E-state index contributed by atoms with van der Waals surface area (Å²) < 4.78 is 1.48. The van der Waals surface area contributed by atoms with Gasteiger partial charge in [0.25, 0.3) is 0 Å². The summed E-state index contributed by atoms with van der Waals surface area (Å²) in [5, 5.41) is 1.33. The van der Waals surface area contributed by atoms with Gasteiger partial charge in [-0.3, -0.25) is 0 Å². The normalized spacial score (nSPS) is 10.4. The molecule has 0 bridgehead atoms. The molecule has 48 valence electrons. The van der Waals surface area contributed by atoms with Gasteiger partial charge in [-0.05, 0) is 0 Å². The van der Waals surface area contributed by atoms with Crippen LogP contribution in [0.5, 0.6) is 0 Å². The predicted octanol–water partition coefficient (Wildman–Crippen LogP) is 1.03. The summed E-state index contributed by atoms with van der Waals surface area (Å²) in [6, 6.07) is 10.5. The summed E-state index contributed by atoms with van der Waals surface area (Å²) in [5.74, 6) is 0. The van der Waals surface area contributed by atoms with E-state index in [1.807, 2.05) is 12.3 Å². The Kier molecular flexibility index (Phi) is 2.39. The number of nitrogens with zero attached hydrogens (tertiary/aromatic N) is 1. The molecular weight excluding hydrogens is 161 g/mol. The zero-order chi connectivity index (χ0) is 7.68. The topological polar surface area (TPSA) is 12.9 Å². The molecule has 0 aliphatic carbocycles. The summed E-state index contributed by atoms with van der Waals surface area (Å²) in [7, 11) is 0. The second kappa shape index (κ2) is 3.33. The summed E-state index contributed by atoms with van der Waals surface area (Å²) >= 11 is 0.746. The molecule has 0 radical (unpaired) electrons. The van der Waals surface area contributed by atoms with Crippen molar-refractivity contribution >= 4 is 59.5 Å². The number of pyridine rings is 1. The monoisotopic (exact) mass is 167 g/mol. The van der Waals surface area contributed by atoms with E-state index < -0.39 is 0 Å². The van der Waals surface area contributed by atoms with Crippen molar-refractivity contribution in [2.24, 2.45) is 0 Å². The van der Waals surface area contributed by atoms with Crippen LogP contribution in [0.1, 0.15) is 0 Å². The van der Waals surface area contributed by atoms with E-state index in [1.54, 1.807) is 0 Å². The summed E-state index contributed by atoms with van der Waals surface area (Å²) in [6.07, 6.45) is 1.84. The maximum absolute atomic E-state index is 4.27. The number of rotatable bonds is 0. The molecular formula is C9H6KN. The molecule has 1 nitrogen and oxygen atoms in total. The van der Waals surface area contributed by atoms with Crippen LogP contribution >= 0.6 is 0 Å². The molecule has 1 heterocycles. The van der Waals surface area contributed by atoms with Crippen molar-refractivity contribution in [3.05, 3.63) is 36.5 Å². The standard InChI is InChI=1S/C9H6N.K/c1-2-6-9-8(4-1)5-3-7-10-9;/h1-3,5-7H;. The van der Waals surface area contributed by atoms with Crippen molar-refractivity contribution in [1.82, 2.24) is 4.98 Å². The maximum atomic E-state index is 4.27. The molecule has 2 heteroatoms. The zero-order valence-corrected chi connectivity index (χ0v) is 9.53. The number of hydrogen-bond acceptors (Lipinski definition) is 1. The Morgan fingerprint density at radius 2 is 2.00 bits per heavy atom. The van der Waals surface area contributed by atoms with Gasteiger partial charge in [0, 0.05) is 0 Å². The molecule has 0 N–H and O–H groups in total. The third kappa shape index (κ3) is 1.55. The Bertz CT molecular complexity index is 379. The van der Waals surface area contributed by atoms with Gasteiger partial charge < -0.3 is 0 Å². The van der Waals surface area contributed by atoms with Gasteiger partial charge in [-0.25, -0.2) is 0 Å². The van der Waals surface area contributed by atoms with E-state index in [2.05, 4.69) is 29.2 Å². The van der Waals surface area contributed by atoms with E-state index in [4.69, 9.17) is 0 Å². The first kappa shape index (κ1) is 7.89. The molecule has 0 spiro atoms. The Balaban J connectivity index is 2.91. The van der Waals surface area contributed by atoms with Gasteiger partial charge in [0.2, 0.25) is 0 Å². The fourth-order valence-electron chi connectivity index (χ4n) is 1.26. The summed E-state index contributed by atoms with van der Waals surface area (Å²) in [4.78, 5) is 4.27. The van der Waals surface area contributed by atoms with Crippen LogP contribution in [0.15, 0.2) is 36.5 Å².